The highest BCUT2D eigenvalue weighted by molar-refractivity contribution is 5.96. The molecule has 0 amide bonds. The highest BCUT2D eigenvalue weighted by atomic mass is 14.9. The molecule has 0 aliphatic heterocycles. The van der Waals surface area contributed by atoms with Gasteiger partial charge in [-0.15, -0.1) is 0 Å². The molecule has 55 heavy (non-hydrogen) atoms. The first-order valence-electron chi connectivity index (χ1n) is 18.9. The maximum Gasteiger partial charge on any atom is 0.160 e. The van der Waals surface area contributed by atoms with Crippen molar-refractivity contribution in [3.63, 3.8) is 0 Å². The Balaban J connectivity index is 0.947. The van der Waals surface area contributed by atoms with E-state index in [1.165, 1.54) is 66.8 Å². The largest absolute Gasteiger partial charge is 0.228 e. The van der Waals surface area contributed by atoms with Crippen LogP contribution in [-0.4, -0.2) is 9.97 Å². The van der Waals surface area contributed by atoms with E-state index in [1.807, 2.05) is 36.4 Å². The van der Waals surface area contributed by atoms with Crippen molar-refractivity contribution in [3.8, 4) is 78.4 Å². The molecule has 11 rings (SSSR count). The van der Waals surface area contributed by atoms with Crippen molar-refractivity contribution in [1.82, 2.24) is 9.97 Å². The van der Waals surface area contributed by atoms with E-state index in [9.17, 15) is 0 Å². The van der Waals surface area contributed by atoms with E-state index in [2.05, 4.69) is 170 Å². The summed E-state index contributed by atoms with van der Waals surface area (Å²) in [6.45, 7) is 0. The highest BCUT2D eigenvalue weighted by Crippen LogP contribution is 2.63. The molecule has 0 bridgehead atoms. The Morgan fingerprint density at radius 2 is 0.618 bits per heavy atom. The van der Waals surface area contributed by atoms with E-state index in [1.54, 1.807) is 0 Å². The molecule has 256 valence electrons. The van der Waals surface area contributed by atoms with Gasteiger partial charge in [0.15, 0.2) is 5.82 Å². The summed E-state index contributed by atoms with van der Waals surface area (Å²) in [7, 11) is 0. The molecule has 1 heterocycles. The van der Waals surface area contributed by atoms with Crippen molar-refractivity contribution in [2.75, 3.05) is 0 Å². The molecule has 0 saturated heterocycles. The van der Waals surface area contributed by atoms with Crippen LogP contribution in [0.25, 0.3) is 78.4 Å². The zero-order valence-electron chi connectivity index (χ0n) is 30.0. The molecule has 0 radical (unpaired) electrons. The lowest BCUT2D eigenvalue weighted by atomic mass is 9.70. The third kappa shape index (κ3) is 4.89. The number of nitrogens with zero attached hydrogens (tertiary/aromatic N) is 2. The summed E-state index contributed by atoms with van der Waals surface area (Å²) in [5.74, 6) is 0.722. The van der Waals surface area contributed by atoms with Crippen LogP contribution in [0.1, 0.15) is 22.3 Å². The minimum atomic E-state index is -0.343. The Bertz CT molecular complexity index is 2770. The second-order valence-electron chi connectivity index (χ2n) is 14.5. The summed E-state index contributed by atoms with van der Waals surface area (Å²) in [5, 5.41) is 0. The molecule has 0 unspecified atom stereocenters. The van der Waals surface area contributed by atoms with Crippen LogP contribution in [0.4, 0.5) is 0 Å². The fourth-order valence-electron chi connectivity index (χ4n) is 9.03. The van der Waals surface area contributed by atoms with Gasteiger partial charge in [-0.25, -0.2) is 9.97 Å². The van der Waals surface area contributed by atoms with Gasteiger partial charge in [-0.2, -0.15) is 0 Å². The van der Waals surface area contributed by atoms with Gasteiger partial charge in [0.2, 0.25) is 0 Å². The SMILES string of the molecule is c1ccc(-c2cc(-c3ccc(-c4ccc(-c5ccc6c(c5)C5(c7ccccc7-c7ccccc75)c5ccccc5-6)cc4)cc3)nc(-c3ccccc3)n2)cc1. The lowest BCUT2D eigenvalue weighted by Crippen LogP contribution is -2.25. The topological polar surface area (TPSA) is 25.8 Å². The third-order valence-corrected chi connectivity index (χ3v) is 11.6. The van der Waals surface area contributed by atoms with Crippen molar-refractivity contribution in [1.29, 1.82) is 0 Å². The zero-order valence-corrected chi connectivity index (χ0v) is 30.0. The molecule has 2 heteroatoms. The molecular formula is C53H34N2. The third-order valence-electron chi connectivity index (χ3n) is 11.6. The molecule has 9 aromatic rings. The molecule has 0 fully saturated rings. The van der Waals surface area contributed by atoms with E-state index in [-0.39, 0.29) is 5.41 Å². The Morgan fingerprint density at radius 3 is 1.13 bits per heavy atom. The van der Waals surface area contributed by atoms with Gasteiger partial charge in [0, 0.05) is 16.7 Å². The van der Waals surface area contributed by atoms with Gasteiger partial charge in [-0.3, -0.25) is 0 Å². The lowest BCUT2D eigenvalue weighted by Gasteiger charge is -2.30. The lowest BCUT2D eigenvalue weighted by molar-refractivity contribution is 0.794. The fourth-order valence-corrected chi connectivity index (χ4v) is 9.03. The molecule has 2 aliphatic carbocycles. The Hall–Kier alpha value is -7.16. The van der Waals surface area contributed by atoms with Crippen molar-refractivity contribution in [3.05, 3.63) is 229 Å². The Kier molecular flexibility index (Phi) is 7.11. The Labute approximate surface area is 321 Å². The summed E-state index contributed by atoms with van der Waals surface area (Å²) >= 11 is 0. The van der Waals surface area contributed by atoms with Crippen LogP contribution in [-0.2, 0) is 5.41 Å². The van der Waals surface area contributed by atoms with Crippen LogP contribution < -0.4 is 0 Å². The minimum absolute atomic E-state index is 0.343. The molecule has 0 atom stereocenters. The average Bonchev–Trinajstić information content (AvgIpc) is 3.74. The van der Waals surface area contributed by atoms with Gasteiger partial charge in [-0.05, 0) is 78.9 Å². The predicted molar refractivity (Wildman–Crippen MR) is 226 cm³/mol. The van der Waals surface area contributed by atoms with Gasteiger partial charge >= 0.3 is 0 Å². The van der Waals surface area contributed by atoms with Gasteiger partial charge in [0.05, 0.1) is 16.8 Å². The summed E-state index contributed by atoms with van der Waals surface area (Å²) in [5.41, 5.74) is 20.1. The second-order valence-corrected chi connectivity index (χ2v) is 14.5. The molecule has 2 nitrogen and oxygen atoms in total. The average molecular weight is 699 g/mol. The van der Waals surface area contributed by atoms with Crippen molar-refractivity contribution in [2.45, 2.75) is 5.41 Å². The number of hydrogen-bond donors (Lipinski definition) is 0. The summed E-state index contributed by atoms with van der Waals surface area (Å²) in [6.07, 6.45) is 0. The number of hydrogen-bond acceptors (Lipinski definition) is 2. The summed E-state index contributed by atoms with van der Waals surface area (Å²) in [6, 6.07) is 74.4. The number of benzene rings is 8. The van der Waals surface area contributed by atoms with Gasteiger partial charge < -0.3 is 0 Å². The van der Waals surface area contributed by atoms with Gasteiger partial charge in [0.25, 0.3) is 0 Å². The normalized spacial score (nSPS) is 12.9. The maximum absolute atomic E-state index is 5.03. The monoisotopic (exact) mass is 698 g/mol. The van der Waals surface area contributed by atoms with E-state index in [4.69, 9.17) is 9.97 Å². The number of fused-ring (bicyclic) bond motifs is 10. The number of rotatable bonds is 5. The van der Waals surface area contributed by atoms with Crippen LogP contribution in [0, 0.1) is 0 Å². The summed E-state index contributed by atoms with van der Waals surface area (Å²) in [4.78, 5) is 9.98. The van der Waals surface area contributed by atoms with E-state index in [0.29, 0.717) is 0 Å². The molecule has 0 N–H and O–H groups in total. The molecule has 1 aromatic heterocycles. The first kappa shape index (κ1) is 31.4. The summed E-state index contributed by atoms with van der Waals surface area (Å²) < 4.78 is 0. The smallest absolute Gasteiger partial charge is 0.160 e. The molecule has 8 aromatic carbocycles. The van der Waals surface area contributed by atoms with Crippen LogP contribution in [0.15, 0.2) is 206 Å². The fraction of sp³-hybridized carbons (Fsp3) is 0.0189. The highest BCUT2D eigenvalue weighted by Gasteiger charge is 2.51. The zero-order chi connectivity index (χ0) is 36.3. The maximum atomic E-state index is 5.03. The van der Waals surface area contributed by atoms with E-state index < -0.39 is 0 Å². The molecule has 2 aliphatic rings. The Morgan fingerprint density at radius 1 is 0.255 bits per heavy atom. The van der Waals surface area contributed by atoms with Crippen molar-refractivity contribution >= 4 is 0 Å². The van der Waals surface area contributed by atoms with Crippen LogP contribution in [0.3, 0.4) is 0 Å². The molecule has 1 spiro atoms. The quantitative estimate of drug-likeness (QED) is 0.179. The van der Waals surface area contributed by atoms with E-state index >= 15 is 0 Å². The number of aromatic nitrogens is 2. The predicted octanol–water partition coefficient (Wildman–Crippen LogP) is 13.2. The van der Waals surface area contributed by atoms with Gasteiger partial charge in [-0.1, -0.05) is 194 Å². The minimum Gasteiger partial charge on any atom is -0.228 e. The first-order valence-corrected chi connectivity index (χ1v) is 18.9. The van der Waals surface area contributed by atoms with Gasteiger partial charge in [0.1, 0.15) is 0 Å². The van der Waals surface area contributed by atoms with Crippen molar-refractivity contribution in [2.24, 2.45) is 0 Å². The van der Waals surface area contributed by atoms with Crippen LogP contribution in [0.2, 0.25) is 0 Å². The molecule has 0 saturated carbocycles. The van der Waals surface area contributed by atoms with Crippen LogP contribution >= 0.6 is 0 Å². The van der Waals surface area contributed by atoms with Crippen molar-refractivity contribution < 1.29 is 0 Å². The van der Waals surface area contributed by atoms with E-state index in [0.717, 1.165) is 33.9 Å². The van der Waals surface area contributed by atoms with Crippen LogP contribution in [0.5, 0.6) is 0 Å². The molecular weight excluding hydrogens is 665 g/mol. The second kappa shape index (κ2) is 12.5. The first-order chi connectivity index (χ1) is 27.3. The standard InChI is InChI=1S/C53H34N2/c1-3-13-38(14-4-1)50-34-51(55-52(54-50)40-15-5-2-6-16-40)39-29-27-36(28-30-39)35-23-25-37(26-24-35)41-31-32-45-44-19-9-12-22-48(44)53(49(45)33-41)46-20-10-7-17-42(46)43-18-8-11-21-47(43)53/h1-34H.